The highest BCUT2D eigenvalue weighted by Gasteiger charge is 2.31. The van der Waals surface area contributed by atoms with Gasteiger partial charge in [-0.2, -0.15) is 13.2 Å². The van der Waals surface area contributed by atoms with Crippen LogP contribution in [0, 0.1) is 5.82 Å². The van der Waals surface area contributed by atoms with E-state index in [1.54, 1.807) is 40.5 Å². The molecule has 0 bridgehead atoms. The Morgan fingerprint density at radius 1 is 1.03 bits per heavy atom. The number of nitrogens with one attached hydrogen (secondary N) is 1. The monoisotopic (exact) mass is 556 g/mol. The summed E-state index contributed by atoms with van der Waals surface area (Å²) in [7, 11) is 0. The molecule has 3 heterocycles. The normalized spacial score (nSPS) is 11.5. The average Bonchev–Trinajstić information content (AvgIpc) is 3.56. The van der Waals surface area contributed by atoms with Gasteiger partial charge in [0.25, 0.3) is 5.91 Å². The van der Waals surface area contributed by atoms with E-state index in [9.17, 15) is 22.4 Å². The van der Waals surface area contributed by atoms with Gasteiger partial charge in [-0.15, -0.1) is 21.5 Å². The van der Waals surface area contributed by atoms with Crippen LogP contribution in [0.25, 0.3) is 17.1 Å². The number of carbonyl (C=O) groups is 1. The van der Waals surface area contributed by atoms with Gasteiger partial charge in [0.05, 0.1) is 17.0 Å². The first-order valence-electron chi connectivity index (χ1n) is 11.0. The van der Waals surface area contributed by atoms with Crippen LogP contribution in [0.1, 0.15) is 21.1 Å². The van der Waals surface area contributed by atoms with Crippen molar-refractivity contribution in [3.8, 4) is 17.1 Å². The average molecular weight is 557 g/mol. The minimum Gasteiger partial charge on any atom is -0.321 e. The lowest BCUT2D eigenvalue weighted by Gasteiger charge is -2.13. The molecule has 38 heavy (non-hydrogen) atoms. The molecule has 0 unspecified atom stereocenters. The van der Waals surface area contributed by atoms with Gasteiger partial charge in [-0.05, 0) is 54.6 Å². The number of hydrogen-bond acceptors (Lipinski definition) is 7. The van der Waals surface area contributed by atoms with Crippen LogP contribution in [0.5, 0.6) is 0 Å². The Labute approximate surface area is 221 Å². The molecule has 0 saturated heterocycles. The van der Waals surface area contributed by atoms with Crippen molar-refractivity contribution < 1.29 is 22.4 Å². The van der Waals surface area contributed by atoms with Gasteiger partial charge < -0.3 is 5.32 Å². The van der Waals surface area contributed by atoms with Gasteiger partial charge >= 0.3 is 6.18 Å². The lowest BCUT2D eigenvalue weighted by atomic mass is 10.2. The number of anilines is 1. The van der Waals surface area contributed by atoms with Crippen molar-refractivity contribution in [2.24, 2.45) is 0 Å². The first-order chi connectivity index (χ1) is 18.3. The molecule has 1 amide bonds. The van der Waals surface area contributed by atoms with E-state index in [1.807, 2.05) is 0 Å². The number of carbonyl (C=O) groups excluding carboxylic acids is 1. The number of aromatic nitrogens is 5. The topological polar surface area (TPSA) is 85.6 Å². The van der Waals surface area contributed by atoms with E-state index in [0.717, 1.165) is 12.1 Å². The summed E-state index contributed by atoms with van der Waals surface area (Å²) in [6.45, 7) is 0. The summed E-state index contributed by atoms with van der Waals surface area (Å²) in [6.07, 6.45) is -1.40. The SMILES string of the molecule is O=C(Nc1ccc(F)cc1)c1csc(CSc2nnc(-c3ccncc3)n2-c2cccc(C(F)(F)F)c2)n1. The summed E-state index contributed by atoms with van der Waals surface area (Å²) in [4.78, 5) is 20.8. The molecule has 0 aliphatic carbocycles. The quantitative estimate of drug-likeness (QED) is 0.182. The third-order valence-electron chi connectivity index (χ3n) is 5.21. The predicted molar refractivity (Wildman–Crippen MR) is 136 cm³/mol. The van der Waals surface area contributed by atoms with Gasteiger partial charge in [-0.25, -0.2) is 9.37 Å². The van der Waals surface area contributed by atoms with Gasteiger partial charge in [0, 0.05) is 29.0 Å². The van der Waals surface area contributed by atoms with Crippen molar-refractivity contribution in [2.75, 3.05) is 5.32 Å². The standard InChI is InChI=1S/C25H16F4N6OS2/c26-17-4-6-18(7-5-17)31-23(36)20-13-37-21(32-20)14-38-24-34-33-22(15-8-10-30-11-9-15)35(24)19-3-1-2-16(12-19)25(27,28)29/h1-13H,14H2,(H,31,36). The van der Waals surface area contributed by atoms with Crippen molar-refractivity contribution in [3.63, 3.8) is 0 Å². The van der Waals surface area contributed by atoms with Gasteiger partial charge in [0.1, 0.15) is 16.5 Å². The maximum atomic E-state index is 13.4. The Kier molecular flexibility index (Phi) is 7.20. The number of thioether (sulfide) groups is 1. The van der Waals surface area contributed by atoms with E-state index in [1.165, 1.54) is 53.4 Å². The fourth-order valence-electron chi connectivity index (χ4n) is 3.44. The number of amides is 1. The van der Waals surface area contributed by atoms with Gasteiger partial charge in [-0.3, -0.25) is 14.3 Å². The lowest BCUT2D eigenvalue weighted by molar-refractivity contribution is -0.137. The van der Waals surface area contributed by atoms with Gasteiger partial charge in [-0.1, -0.05) is 17.8 Å². The zero-order chi connectivity index (χ0) is 26.7. The van der Waals surface area contributed by atoms with Crippen molar-refractivity contribution in [2.45, 2.75) is 17.1 Å². The van der Waals surface area contributed by atoms with Crippen LogP contribution < -0.4 is 5.32 Å². The Bertz CT molecular complexity index is 1570. The van der Waals surface area contributed by atoms with Crippen LogP contribution >= 0.6 is 23.1 Å². The van der Waals surface area contributed by atoms with Crippen molar-refractivity contribution in [1.82, 2.24) is 24.7 Å². The number of hydrogen-bond donors (Lipinski definition) is 1. The molecule has 0 saturated carbocycles. The van der Waals surface area contributed by atoms with E-state index in [0.29, 0.717) is 33.0 Å². The molecule has 2 aromatic carbocycles. The van der Waals surface area contributed by atoms with Crippen LogP contribution in [-0.4, -0.2) is 30.6 Å². The number of rotatable bonds is 7. The number of nitrogens with zero attached hydrogens (tertiary/aromatic N) is 5. The van der Waals surface area contributed by atoms with E-state index < -0.39 is 23.5 Å². The molecule has 3 aromatic heterocycles. The summed E-state index contributed by atoms with van der Waals surface area (Å²) in [5, 5.41) is 13.6. The highest BCUT2D eigenvalue weighted by atomic mass is 32.2. The number of pyridine rings is 1. The highest BCUT2D eigenvalue weighted by Crippen LogP contribution is 2.34. The van der Waals surface area contributed by atoms with Crippen LogP contribution in [0.4, 0.5) is 23.2 Å². The molecule has 0 aliphatic rings. The van der Waals surface area contributed by atoms with Crippen molar-refractivity contribution in [3.05, 3.63) is 101 Å². The molecule has 1 N–H and O–H groups in total. The molecule has 0 fully saturated rings. The maximum Gasteiger partial charge on any atom is 0.416 e. The largest absolute Gasteiger partial charge is 0.416 e. The van der Waals surface area contributed by atoms with E-state index >= 15 is 0 Å². The second-order valence-corrected chi connectivity index (χ2v) is 9.69. The second-order valence-electron chi connectivity index (χ2n) is 7.80. The first kappa shape index (κ1) is 25.5. The van der Waals surface area contributed by atoms with Gasteiger partial charge in [0.2, 0.25) is 0 Å². The van der Waals surface area contributed by atoms with Crippen molar-refractivity contribution in [1.29, 1.82) is 0 Å². The number of halogens is 4. The Morgan fingerprint density at radius 3 is 2.53 bits per heavy atom. The third kappa shape index (κ3) is 5.73. The molecular formula is C25H16F4N6OS2. The Morgan fingerprint density at radius 2 is 1.79 bits per heavy atom. The van der Waals surface area contributed by atoms with E-state index in [2.05, 4.69) is 25.5 Å². The molecule has 0 atom stereocenters. The minimum absolute atomic E-state index is 0.187. The molecule has 0 radical (unpaired) electrons. The van der Waals surface area contributed by atoms with E-state index in [-0.39, 0.29) is 11.4 Å². The molecule has 13 heteroatoms. The van der Waals surface area contributed by atoms with Crippen LogP contribution in [0.2, 0.25) is 0 Å². The summed E-state index contributed by atoms with van der Waals surface area (Å²) >= 11 is 2.48. The smallest absolute Gasteiger partial charge is 0.321 e. The second kappa shape index (κ2) is 10.7. The maximum absolute atomic E-state index is 13.4. The molecule has 5 aromatic rings. The summed E-state index contributed by atoms with van der Waals surface area (Å²) in [6, 6.07) is 13.7. The fourth-order valence-corrected chi connectivity index (χ4v) is 5.19. The van der Waals surface area contributed by atoms with E-state index in [4.69, 9.17) is 0 Å². The Balaban J connectivity index is 1.39. The molecule has 0 aliphatic heterocycles. The van der Waals surface area contributed by atoms with Crippen LogP contribution in [0.15, 0.2) is 83.6 Å². The number of benzene rings is 2. The number of thiazole rings is 1. The summed E-state index contributed by atoms with van der Waals surface area (Å²) < 4.78 is 54.9. The highest BCUT2D eigenvalue weighted by molar-refractivity contribution is 7.98. The minimum atomic E-state index is -4.51. The molecule has 5 rings (SSSR count). The first-order valence-corrected chi connectivity index (χ1v) is 12.8. The van der Waals surface area contributed by atoms with Crippen LogP contribution in [-0.2, 0) is 11.9 Å². The third-order valence-corrected chi connectivity index (χ3v) is 7.19. The number of alkyl halides is 3. The summed E-state index contributed by atoms with van der Waals surface area (Å²) in [5.41, 5.74) is 0.699. The molecule has 0 spiro atoms. The summed E-state index contributed by atoms with van der Waals surface area (Å²) in [5.74, 6) is -0.216. The van der Waals surface area contributed by atoms with Crippen molar-refractivity contribution >= 4 is 34.7 Å². The predicted octanol–water partition coefficient (Wildman–Crippen LogP) is 6.49. The van der Waals surface area contributed by atoms with Gasteiger partial charge in [0.15, 0.2) is 11.0 Å². The molecule has 7 nitrogen and oxygen atoms in total. The lowest BCUT2D eigenvalue weighted by Crippen LogP contribution is -2.12. The zero-order valence-corrected chi connectivity index (χ0v) is 20.8. The van der Waals surface area contributed by atoms with Crippen LogP contribution in [0.3, 0.4) is 0 Å². The Hall–Kier alpha value is -4.10. The molecule has 192 valence electrons. The molecular weight excluding hydrogens is 540 g/mol. The fraction of sp³-hybridized carbons (Fsp3) is 0.0800. The zero-order valence-electron chi connectivity index (χ0n) is 19.2.